The Morgan fingerprint density at radius 2 is 1.93 bits per heavy atom. The SMILES string of the molecule is NCC12CC(CNCc3ccc4c(c3)C(=O)N(C3CCC(=O)NC3=O)C4=O)(CO1)C2. The number of carbonyl (C=O) groups is 4. The van der Waals surface area contributed by atoms with Crippen LogP contribution in [-0.4, -0.2) is 59.9 Å². The molecule has 3 saturated heterocycles. The van der Waals surface area contributed by atoms with Crippen LogP contribution in [0.15, 0.2) is 18.2 Å². The van der Waals surface area contributed by atoms with Gasteiger partial charge in [0.15, 0.2) is 0 Å². The summed E-state index contributed by atoms with van der Waals surface area (Å²) in [7, 11) is 0. The molecule has 0 radical (unpaired) electrons. The third-order valence-corrected chi connectivity index (χ3v) is 6.78. The number of nitrogens with two attached hydrogens (primary N) is 1. The lowest BCUT2D eigenvalue weighted by Gasteiger charge is -2.44. The van der Waals surface area contributed by atoms with Crippen LogP contribution in [0.1, 0.15) is 52.0 Å². The summed E-state index contributed by atoms with van der Waals surface area (Å²) in [5.74, 6) is -1.96. The van der Waals surface area contributed by atoms with Gasteiger partial charge in [-0.1, -0.05) is 6.07 Å². The lowest BCUT2D eigenvalue weighted by molar-refractivity contribution is -0.136. The summed E-state index contributed by atoms with van der Waals surface area (Å²) in [6.07, 6.45) is 2.21. The van der Waals surface area contributed by atoms with Gasteiger partial charge in [-0.2, -0.15) is 0 Å². The molecule has 2 bridgehead atoms. The van der Waals surface area contributed by atoms with Crippen molar-refractivity contribution in [3.8, 4) is 0 Å². The molecule has 1 unspecified atom stereocenters. The van der Waals surface area contributed by atoms with Crippen molar-refractivity contribution in [2.45, 2.75) is 43.9 Å². The molecule has 0 spiro atoms. The van der Waals surface area contributed by atoms with Gasteiger partial charge in [0, 0.05) is 31.5 Å². The van der Waals surface area contributed by atoms with Gasteiger partial charge in [-0.3, -0.25) is 29.4 Å². The number of carbonyl (C=O) groups excluding carboxylic acids is 4. The summed E-state index contributed by atoms with van der Waals surface area (Å²) < 4.78 is 5.83. The van der Waals surface area contributed by atoms with Crippen LogP contribution in [0, 0.1) is 5.41 Å². The average molecular weight is 412 g/mol. The first-order valence-electron chi connectivity index (χ1n) is 10.2. The molecule has 1 saturated carbocycles. The van der Waals surface area contributed by atoms with Gasteiger partial charge >= 0.3 is 0 Å². The molecule has 158 valence electrons. The molecule has 0 aromatic heterocycles. The van der Waals surface area contributed by atoms with Crippen molar-refractivity contribution in [2.24, 2.45) is 11.1 Å². The van der Waals surface area contributed by atoms with E-state index in [0.717, 1.165) is 36.5 Å². The highest BCUT2D eigenvalue weighted by Gasteiger charge is 2.61. The molecular formula is C21H24N4O5. The van der Waals surface area contributed by atoms with E-state index in [-0.39, 0.29) is 29.8 Å². The van der Waals surface area contributed by atoms with Crippen LogP contribution in [0.25, 0.3) is 0 Å². The van der Waals surface area contributed by atoms with Crippen LogP contribution in [0.3, 0.4) is 0 Å². The Balaban J connectivity index is 1.25. The molecule has 1 atom stereocenters. The van der Waals surface area contributed by atoms with E-state index in [1.165, 1.54) is 0 Å². The minimum atomic E-state index is -0.945. The number of nitrogens with zero attached hydrogens (tertiary/aromatic N) is 1. The maximum absolute atomic E-state index is 12.9. The molecule has 4 amide bonds. The van der Waals surface area contributed by atoms with Crippen molar-refractivity contribution in [3.63, 3.8) is 0 Å². The number of fused-ring (bicyclic) bond motifs is 2. The Hall–Kier alpha value is -2.62. The standard InChI is InChI=1S/C21H24N4O5/c22-9-21-7-20(8-21,11-30-21)10-23-6-12-1-2-13-14(5-12)19(29)25(18(13)28)15-3-4-16(26)24-17(15)27/h1-2,5,15,23H,3-4,6-11,22H2,(H,24,26,27). The number of rotatable bonds is 6. The van der Waals surface area contributed by atoms with E-state index in [1.54, 1.807) is 12.1 Å². The zero-order valence-corrected chi connectivity index (χ0v) is 16.5. The normalized spacial score (nSPS) is 32.3. The van der Waals surface area contributed by atoms with E-state index >= 15 is 0 Å². The van der Waals surface area contributed by atoms with Gasteiger partial charge in [-0.25, -0.2) is 0 Å². The molecule has 1 aromatic rings. The van der Waals surface area contributed by atoms with E-state index in [4.69, 9.17) is 10.5 Å². The number of benzene rings is 1. The molecule has 4 aliphatic heterocycles. The van der Waals surface area contributed by atoms with Gasteiger partial charge in [0.1, 0.15) is 6.04 Å². The number of imide groups is 2. The highest BCUT2D eigenvalue weighted by atomic mass is 16.5. The summed E-state index contributed by atoms with van der Waals surface area (Å²) in [5.41, 5.74) is 7.30. The zero-order chi connectivity index (χ0) is 21.1. The number of ether oxygens (including phenoxy) is 1. The second-order valence-corrected chi connectivity index (χ2v) is 8.96. The number of hydrogen-bond acceptors (Lipinski definition) is 7. The van der Waals surface area contributed by atoms with Crippen LogP contribution in [0.4, 0.5) is 0 Å². The van der Waals surface area contributed by atoms with E-state index < -0.39 is 23.8 Å². The summed E-state index contributed by atoms with van der Waals surface area (Å²) in [5, 5.41) is 5.64. The molecule has 4 N–H and O–H groups in total. The first kappa shape index (κ1) is 19.3. The second kappa shape index (κ2) is 6.69. The van der Waals surface area contributed by atoms with Crippen molar-refractivity contribution in [2.75, 3.05) is 19.7 Å². The Morgan fingerprint density at radius 1 is 1.17 bits per heavy atom. The van der Waals surface area contributed by atoms with Gasteiger partial charge < -0.3 is 15.8 Å². The summed E-state index contributed by atoms with van der Waals surface area (Å²) in [6, 6.07) is 4.22. The molecule has 4 fully saturated rings. The van der Waals surface area contributed by atoms with E-state index in [0.29, 0.717) is 24.2 Å². The van der Waals surface area contributed by atoms with Gasteiger partial charge in [0.25, 0.3) is 11.8 Å². The number of nitrogens with one attached hydrogen (secondary N) is 2. The summed E-state index contributed by atoms with van der Waals surface area (Å²) in [6.45, 7) is 2.64. The molecular weight excluding hydrogens is 388 g/mol. The predicted octanol–water partition coefficient (Wildman–Crippen LogP) is -0.315. The number of piperidine rings is 1. The Kier molecular flexibility index (Phi) is 4.32. The van der Waals surface area contributed by atoms with Gasteiger partial charge in [0.2, 0.25) is 11.8 Å². The minimum absolute atomic E-state index is 0.107. The number of hydrogen-bond donors (Lipinski definition) is 3. The zero-order valence-electron chi connectivity index (χ0n) is 16.5. The highest BCUT2D eigenvalue weighted by molar-refractivity contribution is 6.23. The molecule has 5 aliphatic rings. The molecule has 1 aliphatic carbocycles. The van der Waals surface area contributed by atoms with Crippen molar-refractivity contribution in [1.82, 2.24) is 15.5 Å². The topological polar surface area (TPSA) is 131 Å². The molecule has 30 heavy (non-hydrogen) atoms. The van der Waals surface area contributed by atoms with Gasteiger partial charge in [-0.15, -0.1) is 0 Å². The minimum Gasteiger partial charge on any atom is -0.373 e. The second-order valence-electron chi connectivity index (χ2n) is 8.96. The van der Waals surface area contributed by atoms with Crippen LogP contribution >= 0.6 is 0 Å². The Morgan fingerprint density at radius 3 is 2.63 bits per heavy atom. The fourth-order valence-corrected chi connectivity index (χ4v) is 5.30. The molecule has 4 heterocycles. The molecule has 9 heteroatoms. The highest BCUT2D eigenvalue weighted by Crippen LogP contribution is 2.56. The molecule has 1 aromatic carbocycles. The van der Waals surface area contributed by atoms with Crippen molar-refractivity contribution < 1.29 is 23.9 Å². The predicted molar refractivity (Wildman–Crippen MR) is 104 cm³/mol. The van der Waals surface area contributed by atoms with Crippen LogP contribution < -0.4 is 16.4 Å². The van der Waals surface area contributed by atoms with E-state index in [1.807, 2.05) is 6.07 Å². The van der Waals surface area contributed by atoms with E-state index in [9.17, 15) is 19.2 Å². The van der Waals surface area contributed by atoms with Crippen LogP contribution in [0.2, 0.25) is 0 Å². The first-order valence-corrected chi connectivity index (χ1v) is 10.2. The largest absolute Gasteiger partial charge is 0.373 e. The number of amides is 4. The first-order chi connectivity index (χ1) is 14.4. The lowest BCUT2D eigenvalue weighted by atomic mass is 9.62. The lowest BCUT2D eigenvalue weighted by Crippen LogP contribution is -2.54. The summed E-state index contributed by atoms with van der Waals surface area (Å²) >= 11 is 0. The third-order valence-electron chi connectivity index (χ3n) is 6.78. The monoisotopic (exact) mass is 412 g/mol. The van der Waals surface area contributed by atoms with Gasteiger partial charge in [0.05, 0.1) is 23.3 Å². The fourth-order valence-electron chi connectivity index (χ4n) is 5.30. The van der Waals surface area contributed by atoms with Crippen molar-refractivity contribution >= 4 is 23.6 Å². The Bertz CT molecular complexity index is 968. The third kappa shape index (κ3) is 2.88. The maximum Gasteiger partial charge on any atom is 0.262 e. The fraction of sp³-hybridized carbons (Fsp3) is 0.524. The van der Waals surface area contributed by atoms with Crippen LogP contribution in [-0.2, 0) is 20.9 Å². The Labute approximate surface area is 173 Å². The van der Waals surface area contributed by atoms with E-state index in [2.05, 4.69) is 10.6 Å². The average Bonchev–Trinajstić information content (AvgIpc) is 3.32. The maximum atomic E-state index is 12.9. The molecule has 9 nitrogen and oxygen atoms in total. The van der Waals surface area contributed by atoms with Crippen molar-refractivity contribution in [3.05, 3.63) is 34.9 Å². The van der Waals surface area contributed by atoms with Gasteiger partial charge in [-0.05, 0) is 37.0 Å². The summed E-state index contributed by atoms with van der Waals surface area (Å²) in [4.78, 5) is 50.1. The quantitative estimate of drug-likeness (QED) is 0.546. The smallest absolute Gasteiger partial charge is 0.262 e. The van der Waals surface area contributed by atoms with Crippen molar-refractivity contribution in [1.29, 1.82) is 0 Å². The molecule has 6 rings (SSSR count). The van der Waals surface area contributed by atoms with Crippen LogP contribution in [0.5, 0.6) is 0 Å².